The van der Waals surface area contributed by atoms with Gasteiger partial charge >= 0.3 is 0 Å². The molecule has 5 heteroatoms. The normalized spacial score (nSPS) is 10.4. The number of aromatic nitrogens is 3. The molecule has 5 nitrogen and oxygen atoms in total. The topological polar surface area (TPSA) is 74.5 Å². The molecule has 2 aromatic heterocycles. The average Bonchev–Trinajstić information content (AvgIpc) is 3.00. The Hall–Kier alpha value is -3.13. The van der Waals surface area contributed by atoms with Gasteiger partial charge in [-0.1, -0.05) is 18.2 Å². The maximum absolute atomic E-state index is 11.9. The van der Waals surface area contributed by atoms with Crippen LogP contribution in [0.25, 0.3) is 11.1 Å². The molecule has 1 aromatic carbocycles. The summed E-state index contributed by atoms with van der Waals surface area (Å²) in [6.45, 7) is 2.45. The first kappa shape index (κ1) is 13.8. The lowest BCUT2D eigenvalue weighted by atomic mass is 9.99. The summed E-state index contributed by atoms with van der Waals surface area (Å²) >= 11 is 0. The van der Waals surface area contributed by atoms with Gasteiger partial charge in [0.1, 0.15) is 11.6 Å². The summed E-state index contributed by atoms with van der Waals surface area (Å²) in [4.78, 5) is 14.6. The van der Waals surface area contributed by atoms with E-state index in [9.17, 15) is 10.1 Å². The molecule has 0 radical (unpaired) electrons. The molecule has 0 aliphatic carbocycles. The highest BCUT2D eigenvalue weighted by molar-refractivity contribution is 5.70. The predicted octanol–water partition coefficient (Wildman–Crippen LogP) is 2.47. The van der Waals surface area contributed by atoms with Crippen LogP contribution in [-0.4, -0.2) is 14.8 Å². The van der Waals surface area contributed by atoms with Crippen LogP contribution < -0.4 is 5.56 Å². The molecule has 0 amide bonds. The molecule has 0 bridgehead atoms. The minimum Gasteiger partial charge on any atom is -0.325 e. The van der Waals surface area contributed by atoms with Crippen molar-refractivity contribution in [3.8, 4) is 17.2 Å². The number of hydrogen-bond acceptors (Lipinski definition) is 3. The van der Waals surface area contributed by atoms with Crippen molar-refractivity contribution in [1.82, 2.24) is 14.8 Å². The molecule has 3 rings (SSSR count). The Morgan fingerprint density at radius 1 is 1.32 bits per heavy atom. The lowest BCUT2D eigenvalue weighted by Gasteiger charge is -2.08. The number of hydrogen-bond donors (Lipinski definition) is 1. The molecular formula is C17H14N4O. The highest BCUT2D eigenvalue weighted by atomic mass is 16.1. The molecule has 0 unspecified atom stereocenters. The smallest absolute Gasteiger partial charge is 0.266 e. The van der Waals surface area contributed by atoms with Crippen molar-refractivity contribution >= 4 is 0 Å². The van der Waals surface area contributed by atoms with Crippen LogP contribution in [0.5, 0.6) is 0 Å². The maximum atomic E-state index is 11.9. The third kappa shape index (κ3) is 2.67. The van der Waals surface area contributed by atoms with Crippen LogP contribution in [0.1, 0.15) is 16.8 Å². The van der Waals surface area contributed by atoms with Crippen LogP contribution in [0.15, 0.2) is 53.6 Å². The molecule has 0 fully saturated rings. The van der Waals surface area contributed by atoms with Crippen molar-refractivity contribution in [3.63, 3.8) is 0 Å². The van der Waals surface area contributed by atoms with Crippen LogP contribution in [0.4, 0.5) is 0 Å². The summed E-state index contributed by atoms with van der Waals surface area (Å²) in [5.41, 5.74) is 3.10. The molecule has 22 heavy (non-hydrogen) atoms. The van der Waals surface area contributed by atoms with Crippen LogP contribution in [0, 0.1) is 18.3 Å². The van der Waals surface area contributed by atoms with Crippen LogP contribution in [-0.2, 0) is 6.54 Å². The van der Waals surface area contributed by atoms with Crippen molar-refractivity contribution in [2.75, 3.05) is 0 Å². The van der Waals surface area contributed by atoms with E-state index in [1.54, 1.807) is 13.1 Å². The zero-order valence-corrected chi connectivity index (χ0v) is 12.1. The number of aromatic amines is 1. The van der Waals surface area contributed by atoms with Gasteiger partial charge in [-0.2, -0.15) is 10.4 Å². The van der Waals surface area contributed by atoms with E-state index in [4.69, 9.17) is 0 Å². The summed E-state index contributed by atoms with van der Waals surface area (Å²) in [5, 5.41) is 13.4. The number of nitriles is 1. The molecule has 0 atom stereocenters. The molecule has 0 saturated carbocycles. The lowest BCUT2D eigenvalue weighted by Crippen LogP contribution is -2.12. The van der Waals surface area contributed by atoms with E-state index in [0.717, 1.165) is 16.8 Å². The van der Waals surface area contributed by atoms with E-state index in [2.05, 4.69) is 10.1 Å². The number of nitrogens with one attached hydrogen (secondary N) is 1. The first-order chi connectivity index (χ1) is 10.7. The van der Waals surface area contributed by atoms with E-state index in [1.807, 2.05) is 53.3 Å². The second-order valence-electron chi connectivity index (χ2n) is 5.09. The number of pyridine rings is 1. The summed E-state index contributed by atoms with van der Waals surface area (Å²) < 4.78 is 1.83. The summed E-state index contributed by atoms with van der Waals surface area (Å²) in [6.07, 6.45) is 3.63. The number of H-pyrrole nitrogens is 1. The van der Waals surface area contributed by atoms with Crippen LogP contribution >= 0.6 is 0 Å². The Morgan fingerprint density at radius 3 is 2.91 bits per heavy atom. The Kier molecular flexibility index (Phi) is 3.58. The minimum atomic E-state index is -0.352. The fraction of sp³-hybridized carbons (Fsp3) is 0.118. The fourth-order valence-electron chi connectivity index (χ4n) is 2.45. The van der Waals surface area contributed by atoms with E-state index in [-0.39, 0.29) is 11.1 Å². The molecule has 3 aromatic rings. The molecule has 0 saturated heterocycles. The molecular weight excluding hydrogens is 276 g/mol. The van der Waals surface area contributed by atoms with Gasteiger partial charge in [-0.05, 0) is 36.2 Å². The van der Waals surface area contributed by atoms with E-state index in [0.29, 0.717) is 12.1 Å². The van der Waals surface area contributed by atoms with Crippen molar-refractivity contribution < 1.29 is 0 Å². The highest BCUT2D eigenvalue weighted by Crippen LogP contribution is 2.23. The van der Waals surface area contributed by atoms with Gasteiger partial charge in [0.05, 0.1) is 6.54 Å². The van der Waals surface area contributed by atoms with Gasteiger partial charge in [0, 0.05) is 23.7 Å². The molecule has 0 aliphatic rings. The Bertz CT molecular complexity index is 901. The first-order valence-corrected chi connectivity index (χ1v) is 6.88. The lowest BCUT2D eigenvalue weighted by molar-refractivity contribution is 0.687. The number of nitrogens with zero attached hydrogens (tertiary/aromatic N) is 3. The molecule has 108 valence electrons. The zero-order chi connectivity index (χ0) is 15.5. The summed E-state index contributed by atoms with van der Waals surface area (Å²) in [6, 6.07) is 13.5. The Labute approximate surface area is 127 Å². The molecule has 0 aliphatic heterocycles. The van der Waals surface area contributed by atoms with Crippen molar-refractivity contribution in [3.05, 3.63) is 76.0 Å². The van der Waals surface area contributed by atoms with Gasteiger partial charge in [-0.15, -0.1) is 0 Å². The Balaban J connectivity index is 2.06. The van der Waals surface area contributed by atoms with E-state index >= 15 is 0 Å². The average molecular weight is 290 g/mol. The quantitative estimate of drug-likeness (QED) is 0.805. The molecule has 0 spiro atoms. The van der Waals surface area contributed by atoms with Gasteiger partial charge in [0.25, 0.3) is 5.56 Å². The van der Waals surface area contributed by atoms with Gasteiger partial charge < -0.3 is 4.98 Å². The minimum absolute atomic E-state index is 0.141. The highest BCUT2D eigenvalue weighted by Gasteiger charge is 2.10. The number of aryl methyl sites for hydroxylation is 1. The molecule has 2 heterocycles. The maximum Gasteiger partial charge on any atom is 0.266 e. The van der Waals surface area contributed by atoms with Crippen molar-refractivity contribution in [1.29, 1.82) is 5.26 Å². The summed E-state index contributed by atoms with van der Waals surface area (Å²) in [7, 11) is 0. The number of rotatable bonds is 3. The first-order valence-electron chi connectivity index (χ1n) is 6.88. The van der Waals surface area contributed by atoms with E-state index in [1.165, 1.54) is 0 Å². The predicted molar refractivity (Wildman–Crippen MR) is 83.3 cm³/mol. The van der Waals surface area contributed by atoms with Gasteiger partial charge in [-0.25, -0.2) is 0 Å². The largest absolute Gasteiger partial charge is 0.325 e. The van der Waals surface area contributed by atoms with E-state index < -0.39 is 0 Å². The zero-order valence-electron chi connectivity index (χ0n) is 12.1. The monoisotopic (exact) mass is 290 g/mol. The fourth-order valence-corrected chi connectivity index (χ4v) is 2.45. The second kappa shape index (κ2) is 5.70. The second-order valence-corrected chi connectivity index (χ2v) is 5.09. The van der Waals surface area contributed by atoms with Crippen LogP contribution in [0.3, 0.4) is 0 Å². The van der Waals surface area contributed by atoms with Gasteiger partial charge in [0.2, 0.25) is 0 Å². The third-order valence-corrected chi connectivity index (χ3v) is 3.42. The number of benzene rings is 1. The third-order valence-electron chi connectivity index (χ3n) is 3.42. The van der Waals surface area contributed by atoms with Gasteiger partial charge in [0.15, 0.2) is 0 Å². The molecule has 1 N–H and O–H groups in total. The van der Waals surface area contributed by atoms with Crippen molar-refractivity contribution in [2.24, 2.45) is 0 Å². The van der Waals surface area contributed by atoms with Crippen LogP contribution in [0.2, 0.25) is 0 Å². The summed E-state index contributed by atoms with van der Waals surface area (Å²) in [5.74, 6) is 0. The Morgan fingerprint density at radius 2 is 2.18 bits per heavy atom. The van der Waals surface area contributed by atoms with Crippen molar-refractivity contribution in [2.45, 2.75) is 13.5 Å². The SMILES string of the molecule is Cc1cc(-c2cccc(Cn3cccn3)c2)c(C#N)c(=O)[nH]1. The standard InChI is InChI=1S/C17H14N4O/c1-12-8-15(16(10-18)17(22)20-12)14-5-2-4-13(9-14)11-21-7-3-6-19-21/h2-9H,11H2,1H3,(H,20,22). The van der Waals surface area contributed by atoms with Gasteiger partial charge in [-0.3, -0.25) is 9.48 Å².